The van der Waals surface area contributed by atoms with Crippen LogP contribution < -0.4 is 11.1 Å². The van der Waals surface area contributed by atoms with E-state index in [1.54, 1.807) is 0 Å². The first kappa shape index (κ1) is 12.1. The number of anilines is 2. The molecule has 0 aromatic carbocycles. The van der Waals surface area contributed by atoms with Crippen molar-refractivity contribution >= 4 is 11.6 Å². The molecule has 0 spiro atoms. The molecule has 1 aliphatic carbocycles. The van der Waals surface area contributed by atoms with Crippen LogP contribution in [0.1, 0.15) is 37.7 Å². The van der Waals surface area contributed by atoms with E-state index in [-0.39, 0.29) is 0 Å². The smallest absolute Gasteiger partial charge is 0.134 e. The summed E-state index contributed by atoms with van der Waals surface area (Å²) in [5, 5.41) is 13.5. The van der Waals surface area contributed by atoms with Crippen molar-refractivity contribution in [3.05, 3.63) is 11.9 Å². The van der Waals surface area contributed by atoms with Crippen LogP contribution in [0.5, 0.6) is 0 Å². The highest BCUT2D eigenvalue weighted by molar-refractivity contribution is 5.53. The van der Waals surface area contributed by atoms with Crippen LogP contribution in [0.15, 0.2) is 6.33 Å². The van der Waals surface area contributed by atoms with E-state index in [1.807, 2.05) is 6.92 Å². The van der Waals surface area contributed by atoms with E-state index in [0.717, 1.165) is 37.1 Å². The molecule has 1 aromatic heterocycles. The zero-order chi connectivity index (χ0) is 12.3. The summed E-state index contributed by atoms with van der Waals surface area (Å²) in [5.41, 5.74) is 5.96. The van der Waals surface area contributed by atoms with Crippen molar-refractivity contribution < 1.29 is 5.11 Å². The number of nitrogens with one attached hydrogen (secondary N) is 1. The Morgan fingerprint density at radius 2 is 2.06 bits per heavy atom. The molecule has 0 unspecified atom stereocenters. The van der Waals surface area contributed by atoms with Crippen molar-refractivity contribution in [2.24, 2.45) is 0 Å². The van der Waals surface area contributed by atoms with Crippen LogP contribution in [0.4, 0.5) is 11.6 Å². The fraction of sp³-hybridized carbons (Fsp3) is 0.667. The van der Waals surface area contributed by atoms with Gasteiger partial charge in [0, 0.05) is 12.1 Å². The van der Waals surface area contributed by atoms with Gasteiger partial charge >= 0.3 is 0 Å². The lowest BCUT2D eigenvalue weighted by atomic mass is 9.85. The van der Waals surface area contributed by atoms with Crippen LogP contribution in [-0.4, -0.2) is 27.2 Å². The summed E-state index contributed by atoms with van der Waals surface area (Å²) in [7, 11) is 0. The third-order valence-corrected chi connectivity index (χ3v) is 3.49. The molecule has 4 N–H and O–H groups in total. The minimum absolute atomic E-state index is 0.484. The Kier molecular flexibility index (Phi) is 3.47. The maximum absolute atomic E-state index is 10.4. The number of aliphatic hydroxyl groups is 1. The summed E-state index contributed by atoms with van der Waals surface area (Å²) in [4.78, 5) is 8.06. The average Bonchev–Trinajstić information content (AvgIpc) is 2.32. The summed E-state index contributed by atoms with van der Waals surface area (Å²) in [6, 6.07) is 0. The number of nitrogens with zero attached hydrogens (tertiary/aromatic N) is 2. The number of hydrogen-bond donors (Lipinski definition) is 3. The monoisotopic (exact) mass is 236 g/mol. The summed E-state index contributed by atoms with van der Waals surface area (Å²) in [6.07, 6.45) is 6.59. The third-order valence-electron chi connectivity index (χ3n) is 3.49. The van der Waals surface area contributed by atoms with E-state index < -0.39 is 5.60 Å². The summed E-state index contributed by atoms with van der Waals surface area (Å²) in [6.45, 7) is 2.41. The van der Waals surface area contributed by atoms with Gasteiger partial charge in [-0.15, -0.1) is 0 Å². The Morgan fingerprint density at radius 1 is 1.35 bits per heavy atom. The minimum Gasteiger partial charge on any atom is -0.388 e. The van der Waals surface area contributed by atoms with E-state index >= 15 is 0 Å². The number of nitrogen functional groups attached to an aromatic ring is 1. The van der Waals surface area contributed by atoms with Crippen LogP contribution in [0.25, 0.3) is 0 Å². The Bertz CT molecular complexity index is 388. The molecule has 0 atom stereocenters. The van der Waals surface area contributed by atoms with Crippen LogP contribution in [-0.2, 0) is 0 Å². The molecular weight excluding hydrogens is 216 g/mol. The quantitative estimate of drug-likeness (QED) is 0.740. The van der Waals surface area contributed by atoms with Crippen LogP contribution in [0.3, 0.4) is 0 Å². The highest BCUT2D eigenvalue weighted by Gasteiger charge is 2.29. The molecule has 5 heteroatoms. The number of rotatable bonds is 3. The lowest BCUT2D eigenvalue weighted by Gasteiger charge is -2.32. The Labute approximate surface area is 101 Å². The normalized spacial score (nSPS) is 18.9. The lowest BCUT2D eigenvalue weighted by Crippen LogP contribution is -2.39. The first-order valence-corrected chi connectivity index (χ1v) is 6.14. The standard InChI is InChI=1S/C12H20N4O/c1-9-10(13)15-8-16-11(9)14-7-12(17)5-3-2-4-6-12/h8,17H,2-7H2,1H3,(H3,13,14,15,16). The van der Waals surface area contributed by atoms with Gasteiger partial charge in [-0.05, 0) is 19.8 Å². The molecule has 1 heterocycles. The van der Waals surface area contributed by atoms with Gasteiger partial charge < -0.3 is 16.2 Å². The van der Waals surface area contributed by atoms with Gasteiger partial charge in [0.1, 0.15) is 18.0 Å². The molecule has 0 aliphatic heterocycles. The van der Waals surface area contributed by atoms with E-state index in [0.29, 0.717) is 12.4 Å². The van der Waals surface area contributed by atoms with Gasteiger partial charge in [0.15, 0.2) is 0 Å². The van der Waals surface area contributed by atoms with Crippen molar-refractivity contribution in [3.63, 3.8) is 0 Å². The molecule has 0 saturated heterocycles. The molecule has 94 valence electrons. The SMILES string of the molecule is Cc1c(N)ncnc1NCC1(O)CCCCC1. The van der Waals surface area contributed by atoms with Crippen molar-refractivity contribution in [1.29, 1.82) is 0 Å². The maximum atomic E-state index is 10.4. The van der Waals surface area contributed by atoms with Crippen molar-refractivity contribution in [2.45, 2.75) is 44.6 Å². The molecular formula is C12H20N4O. The molecule has 1 aromatic rings. The average molecular weight is 236 g/mol. The maximum Gasteiger partial charge on any atom is 0.134 e. The van der Waals surface area contributed by atoms with E-state index in [2.05, 4.69) is 15.3 Å². The zero-order valence-corrected chi connectivity index (χ0v) is 10.2. The van der Waals surface area contributed by atoms with E-state index in [9.17, 15) is 5.11 Å². The predicted molar refractivity (Wildman–Crippen MR) is 67.7 cm³/mol. The minimum atomic E-state index is -0.593. The van der Waals surface area contributed by atoms with E-state index in [4.69, 9.17) is 5.73 Å². The second-order valence-corrected chi connectivity index (χ2v) is 4.87. The Hall–Kier alpha value is -1.36. The molecule has 0 amide bonds. The molecule has 2 rings (SSSR count). The Balaban J connectivity index is 1.99. The second kappa shape index (κ2) is 4.87. The van der Waals surface area contributed by atoms with Gasteiger partial charge in [0.2, 0.25) is 0 Å². The topological polar surface area (TPSA) is 84.1 Å². The fourth-order valence-corrected chi connectivity index (χ4v) is 2.28. The van der Waals surface area contributed by atoms with Crippen molar-refractivity contribution in [2.75, 3.05) is 17.6 Å². The first-order chi connectivity index (χ1) is 8.11. The molecule has 1 aliphatic rings. The molecule has 5 nitrogen and oxygen atoms in total. The lowest BCUT2D eigenvalue weighted by molar-refractivity contribution is 0.0166. The molecule has 17 heavy (non-hydrogen) atoms. The second-order valence-electron chi connectivity index (χ2n) is 4.87. The van der Waals surface area contributed by atoms with Crippen LogP contribution >= 0.6 is 0 Å². The van der Waals surface area contributed by atoms with E-state index in [1.165, 1.54) is 12.7 Å². The number of aromatic nitrogens is 2. The summed E-state index contributed by atoms with van der Waals surface area (Å²) < 4.78 is 0. The van der Waals surface area contributed by atoms with Gasteiger partial charge in [-0.3, -0.25) is 0 Å². The molecule has 1 saturated carbocycles. The fourth-order valence-electron chi connectivity index (χ4n) is 2.28. The van der Waals surface area contributed by atoms with Gasteiger partial charge in [0.05, 0.1) is 5.60 Å². The third kappa shape index (κ3) is 2.85. The van der Waals surface area contributed by atoms with Gasteiger partial charge in [-0.1, -0.05) is 19.3 Å². The highest BCUT2D eigenvalue weighted by Crippen LogP contribution is 2.28. The van der Waals surface area contributed by atoms with Crippen molar-refractivity contribution in [1.82, 2.24) is 9.97 Å². The predicted octanol–water partition coefficient (Wildman–Crippen LogP) is 1.47. The summed E-state index contributed by atoms with van der Waals surface area (Å²) >= 11 is 0. The zero-order valence-electron chi connectivity index (χ0n) is 10.2. The number of hydrogen-bond acceptors (Lipinski definition) is 5. The molecule has 1 fully saturated rings. The molecule has 0 bridgehead atoms. The van der Waals surface area contributed by atoms with Crippen molar-refractivity contribution in [3.8, 4) is 0 Å². The largest absolute Gasteiger partial charge is 0.388 e. The first-order valence-electron chi connectivity index (χ1n) is 6.14. The molecule has 0 radical (unpaired) electrons. The Morgan fingerprint density at radius 3 is 2.76 bits per heavy atom. The van der Waals surface area contributed by atoms with Crippen LogP contribution in [0, 0.1) is 6.92 Å². The summed E-state index contributed by atoms with van der Waals surface area (Å²) in [5.74, 6) is 1.20. The number of nitrogens with two attached hydrogens (primary N) is 1. The highest BCUT2D eigenvalue weighted by atomic mass is 16.3. The van der Waals surface area contributed by atoms with Crippen LogP contribution in [0.2, 0.25) is 0 Å². The van der Waals surface area contributed by atoms with Gasteiger partial charge in [0.25, 0.3) is 0 Å². The van der Waals surface area contributed by atoms with Gasteiger partial charge in [-0.25, -0.2) is 9.97 Å². The van der Waals surface area contributed by atoms with Gasteiger partial charge in [-0.2, -0.15) is 0 Å².